The van der Waals surface area contributed by atoms with E-state index in [2.05, 4.69) is 28.9 Å². The van der Waals surface area contributed by atoms with Crippen molar-refractivity contribution in [2.24, 2.45) is 0 Å². The highest BCUT2D eigenvalue weighted by Crippen LogP contribution is 2.20. The first-order valence-electron chi connectivity index (χ1n) is 7.81. The highest BCUT2D eigenvalue weighted by molar-refractivity contribution is 5.92. The summed E-state index contributed by atoms with van der Waals surface area (Å²) in [6.45, 7) is 9.38. The van der Waals surface area contributed by atoms with Crippen LogP contribution in [0.5, 0.6) is 0 Å². The second-order valence-corrected chi connectivity index (χ2v) is 6.21. The minimum Gasteiger partial charge on any atom is -0.379 e. The number of hydrogen-bond donors (Lipinski definition) is 1. The van der Waals surface area contributed by atoms with E-state index in [9.17, 15) is 4.79 Å². The van der Waals surface area contributed by atoms with Crippen molar-refractivity contribution in [2.45, 2.75) is 32.2 Å². The van der Waals surface area contributed by atoms with Gasteiger partial charge in [0, 0.05) is 37.9 Å². The van der Waals surface area contributed by atoms with Gasteiger partial charge in [-0.1, -0.05) is 13.8 Å². The number of amides is 1. The molecule has 1 aromatic rings. The lowest BCUT2D eigenvalue weighted by Crippen LogP contribution is -2.45. The molecule has 3 heterocycles. The van der Waals surface area contributed by atoms with Crippen LogP contribution in [0.15, 0.2) is 6.07 Å². The molecule has 0 aliphatic carbocycles. The van der Waals surface area contributed by atoms with Gasteiger partial charge in [-0.3, -0.25) is 14.8 Å². The molecule has 1 amide bonds. The van der Waals surface area contributed by atoms with Crippen LogP contribution in [0.4, 0.5) is 0 Å². The summed E-state index contributed by atoms with van der Waals surface area (Å²) in [5.41, 5.74) is 1.56. The molecule has 1 N–H and O–H groups in total. The summed E-state index contributed by atoms with van der Waals surface area (Å²) in [4.78, 5) is 16.9. The lowest BCUT2D eigenvalue weighted by atomic mass is 10.1. The molecule has 0 spiro atoms. The number of nitrogens with one attached hydrogen (secondary N) is 1. The predicted octanol–water partition coefficient (Wildman–Crippen LogP) is 1.08. The number of ether oxygens (including phenoxy) is 1. The van der Waals surface area contributed by atoms with Crippen molar-refractivity contribution >= 4 is 5.91 Å². The minimum absolute atomic E-state index is 0.0499. The standard InChI is InChI=1S/C15H24N4O2/c1-11(2)13-9-14(17-16-13)15(20)19-4-3-12(10-19)18-5-7-21-8-6-18/h9,11-12H,3-8,10H2,1-2H3,(H,16,17). The number of H-pyrrole nitrogens is 1. The fourth-order valence-corrected chi connectivity index (χ4v) is 3.07. The van der Waals surface area contributed by atoms with E-state index in [1.807, 2.05) is 11.0 Å². The van der Waals surface area contributed by atoms with Gasteiger partial charge in [0.15, 0.2) is 0 Å². The molecular formula is C15H24N4O2. The summed E-state index contributed by atoms with van der Waals surface area (Å²) >= 11 is 0. The van der Waals surface area contributed by atoms with E-state index in [0.29, 0.717) is 17.7 Å². The Kier molecular flexibility index (Phi) is 4.26. The zero-order valence-corrected chi connectivity index (χ0v) is 12.8. The fourth-order valence-electron chi connectivity index (χ4n) is 3.07. The van der Waals surface area contributed by atoms with Crippen molar-refractivity contribution < 1.29 is 9.53 Å². The summed E-state index contributed by atoms with van der Waals surface area (Å²) < 4.78 is 5.39. The largest absolute Gasteiger partial charge is 0.379 e. The molecule has 1 atom stereocenters. The summed E-state index contributed by atoms with van der Waals surface area (Å²) in [5.74, 6) is 0.410. The molecule has 0 bridgehead atoms. The third-order valence-corrected chi connectivity index (χ3v) is 4.45. The molecule has 6 heteroatoms. The minimum atomic E-state index is 0.0499. The Morgan fingerprint density at radius 2 is 2.14 bits per heavy atom. The fraction of sp³-hybridized carbons (Fsp3) is 0.733. The molecule has 2 aliphatic rings. The molecule has 3 rings (SSSR count). The maximum Gasteiger partial charge on any atom is 0.274 e. The number of nitrogens with zero attached hydrogens (tertiary/aromatic N) is 3. The van der Waals surface area contributed by atoms with Gasteiger partial charge in [0.05, 0.1) is 13.2 Å². The van der Waals surface area contributed by atoms with E-state index in [1.54, 1.807) is 0 Å². The van der Waals surface area contributed by atoms with Crippen molar-refractivity contribution in [2.75, 3.05) is 39.4 Å². The number of aromatic amines is 1. The van der Waals surface area contributed by atoms with Crippen molar-refractivity contribution in [1.82, 2.24) is 20.0 Å². The van der Waals surface area contributed by atoms with Crippen molar-refractivity contribution in [1.29, 1.82) is 0 Å². The Labute approximate surface area is 125 Å². The van der Waals surface area contributed by atoms with E-state index in [4.69, 9.17) is 4.74 Å². The van der Waals surface area contributed by atoms with Crippen molar-refractivity contribution in [3.63, 3.8) is 0 Å². The van der Waals surface area contributed by atoms with Crippen molar-refractivity contribution in [3.05, 3.63) is 17.5 Å². The maximum absolute atomic E-state index is 12.5. The van der Waals surface area contributed by atoms with Crippen LogP contribution in [0.25, 0.3) is 0 Å². The van der Waals surface area contributed by atoms with Gasteiger partial charge in [-0.05, 0) is 18.4 Å². The number of likely N-dealkylation sites (tertiary alicyclic amines) is 1. The average Bonchev–Trinajstić information content (AvgIpc) is 3.17. The summed E-state index contributed by atoms with van der Waals surface area (Å²) in [6, 6.07) is 2.36. The molecule has 0 radical (unpaired) electrons. The molecule has 2 fully saturated rings. The first kappa shape index (κ1) is 14.5. The molecule has 0 aromatic carbocycles. The van der Waals surface area contributed by atoms with Gasteiger partial charge in [-0.25, -0.2) is 0 Å². The Bertz CT molecular complexity index is 494. The number of carbonyl (C=O) groups excluding carboxylic acids is 1. The van der Waals surface area contributed by atoms with Crippen LogP contribution in [0.1, 0.15) is 42.4 Å². The zero-order valence-electron chi connectivity index (χ0n) is 12.8. The highest BCUT2D eigenvalue weighted by atomic mass is 16.5. The molecule has 2 aliphatic heterocycles. The SMILES string of the molecule is CC(C)c1cc(C(=O)N2CCC(N3CCOCC3)C2)n[nH]1. The van der Waals surface area contributed by atoms with Crippen LogP contribution < -0.4 is 0 Å². The third kappa shape index (κ3) is 3.11. The Morgan fingerprint density at radius 1 is 1.38 bits per heavy atom. The normalized spacial score (nSPS) is 24.0. The van der Waals surface area contributed by atoms with Gasteiger partial charge in [-0.15, -0.1) is 0 Å². The molecule has 1 unspecified atom stereocenters. The lowest BCUT2D eigenvalue weighted by Gasteiger charge is -2.31. The van der Waals surface area contributed by atoms with E-state index >= 15 is 0 Å². The monoisotopic (exact) mass is 292 g/mol. The highest BCUT2D eigenvalue weighted by Gasteiger charge is 2.32. The second kappa shape index (κ2) is 6.15. The molecule has 6 nitrogen and oxygen atoms in total. The van der Waals surface area contributed by atoms with Crippen LogP contribution in [0, 0.1) is 0 Å². The first-order chi connectivity index (χ1) is 10.1. The predicted molar refractivity (Wildman–Crippen MR) is 79.4 cm³/mol. The smallest absolute Gasteiger partial charge is 0.274 e. The first-order valence-corrected chi connectivity index (χ1v) is 7.81. The van der Waals surface area contributed by atoms with Crippen LogP contribution in [0.3, 0.4) is 0 Å². The number of carbonyl (C=O) groups is 1. The van der Waals surface area contributed by atoms with Crippen LogP contribution >= 0.6 is 0 Å². The summed E-state index contributed by atoms with van der Waals surface area (Å²) in [5, 5.41) is 7.13. The maximum atomic E-state index is 12.5. The molecule has 2 saturated heterocycles. The molecule has 1 aromatic heterocycles. The number of rotatable bonds is 3. The van der Waals surface area contributed by atoms with Gasteiger partial charge < -0.3 is 9.64 Å². The van der Waals surface area contributed by atoms with E-state index in [-0.39, 0.29) is 5.91 Å². The number of aromatic nitrogens is 2. The molecule has 116 valence electrons. The molecule has 21 heavy (non-hydrogen) atoms. The van der Waals surface area contributed by atoms with E-state index in [0.717, 1.165) is 51.5 Å². The number of hydrogen-bond acceptors (Lipinski definition) is 4. The molecular weight excluding hydrogens is 268 g/mol. The van der Waals surface area contributed by atoms with Gasteiger partial charge in [0.2, 0.25) is 0 Å². The van der Waals surface area contributed by atoms with Gasteiger partial charge in [-0.2, -0.15) is 5.10 Å². The average molecular weight is 292 g/mol. The van der Waals surface area contributed by atoms with Gasteiger partial charge in [0.25, 0.3) is 5.91 Å². The Hall–Kier alpha value is -1.40. The van der Waals surface area contributed by atoms with Gasteiger partial charge >= 0.3 is 0 Å². The Balaban J connectivity index is 1.60. The summed E-state index contributed by atoms with van der Waals surface area (Å²) in [7, 11) is 0. The second-order valence-electron chi connectivity index (χ2n) is 6.21. The van der Waals surface area contributed by atoms with E-state index < -0.39 is 0 Å². The topological polar surface area (TPSA) is 61.5 Å². The molecule has 0 saturated carbocycles. The zero-order chi connectivity index (χ0) is 14.8. The Morgan fingerprint density at radius 3 is 2.81 bits per heavy atom. The quantitative estimate of drug-likeness (QED) is 0.905. The summed E-state index contributed by atoms with van der Waals surface area (Å²) in [6.07, 6.45) is 1.05. The van der Waals surface area contributed by atoms with E-state index in [1.165, 1.54) is 0 Å². The van der Waals surface area contributed by atoms with Crippen LogP contribution in [0.2, 0.25) is 0 Å². The van der Waals surface area contributed by atoms with Crippen LogP contribution in [-0.4, -0.2) is 71.3 Å². The number of morpholine rings is 1. The third-order valence-electron chi connectivity index (χ3n) is 4.45. The van der Waals surface area contributed by atoms with Gasteiger partial charge in [0.1, 0.15) is 5.69 Å². The van der Waals surface area contributed by atoms with Crippen molar-refractivity contribution in [3.8, 4) is 0 Å². The lowest BCUT2D eigenvalue weighted by molar-refractivity contribution is 0.0185. The van der Waals surface area contributed by atoms with Crippen LogP contribution in [-0.2, 0) is 4.74 Å².